The standard InChI is InChI=1S/C48H64N2O6/c1-5-49(6-2)37-25-13-23-35-43(51)47(39-27-15-9-16-28-39,40-29-17-10-18-30-40)55-45(53)46(54)56-48(41-31-19-11-20-32-41,42-33-21-12-22-34-42)44(52)36-24-14-26-38-50(7-3)8-4/h9,11,15-16,19-20,27-28,31-32,40,42H,5-8,10,12,17-18,21-24,29-30,33-38H2,1-4H3. The van der Waals surface area contributed by atoms with Gasteiger partial charge in [-0.2, -0.15) is 0 Å². The largest absolute Gasteiger partial charge is 0.437 e. The summed E-state index contributed by atoms with van der Waals surface area (Å²) in [6.07, 6.45) is 8.94. The van der Waals surface area contributed by atoms with Crippen LogP contribution in [0, 0.1) is 35.5 Å². The minimum absolute atomic E-state index is 0.0583. The Balaban J connectivity index is 1.70. The zero-order chi connectivity index (χ0) is 40.2. The van der Waals surface area contributed by atoms with Crippen LogP contribution in [0.2, 0.25) is 0 Å². The van der Waals surface area contributed by atoms with Gasteiger partial charge in [-0.1, -0.05) is 139 Å². The first-order chi connectivity index (χ1) is 27.3. The number of nitrogens with zero attached hydrogens (tertiary/aromatic N) is 2. The van der Waals surface area contributed by atoms with Crippen LogP contribution >= 0.6 is 0 Å². The van der Waals surface area contributed by atoms with Gasteiger partial charge in [0.15, 0.2) is 22.8 Å². The number of rotatable bonds is 18. The maximum atomic E-state index is 14.7. The average molecular weight is 765 g/mol. The summed E-state index contributed by atoms with van der Waals surface area (Å²) in [5.74, 6) is 8.94. The number of hydrogen-bond donors (Lipinski definition) is 0. The molecule has 2 saturated carbocycles. The number of esters is 2. The first kappa shape index (κ1) is 44.5. The Labute approximate surface area is 336 Å². The summed E-state index contributed by atoms with van der Waals surface area (Å²) in [4.78, 5) is 62.6. The van der Waals surface area contributed by atoms with E-state index in [0.717, 1.165) is 64.7 Å². The Morgan fingerprint density at radius 3 is 1.20 bits per heavy atom. The van der Waals surface area contributed by atoms with E-state index in [1.165, 1.54) is 0 Å². The van der Waals surface area contributed by atoms with Gasteiger partial charge in [0.05, 0.1) is 13.1 Å². The van der Waals surface area contributed by atoms with Gasteiger partial charge in [0.2, 0.25) is 0 Å². The molecule has 2 aromatic rings. The number of carbonyl (C=O) groups is 4. The van der Waals surface area contributed by atoms with Crippen LogP contribution in [-0.2, 0) is 39.9 Å². The minimum atomic E-state index is -1.71. The predicted octanol–water partition coefficient (Wildman–Crippen LogP) is 8.41. The predicted molar refractivity (Wildman–Crippen MR) is 221 cm³/mol. The Hall–Kier alpha value is -4.24. The van der Waals surface area contributed by atoms with Crippen molar-refractivity contribution < 1.29 is 28.7 Å². The van der Waals surface area contributed by atoms with Crippen molar-refractivity contribution in [3.05, 3.63) is 71.8 Å². The van der Waals surface area contributed by atoms with Gasteiger partial charge in [-0.3, -0.25) is 19.4 Å². The van der Waals surface area contributed by atoms with Crippen LogP contribution in [0.5, 0.6) is 0 Å². The summed E-state index contributed by atoms with van der Waals surface area (Å²) >= 11 is 0. The molecule has 2 aliphatic rings. The molecule has 2 aromatic carbocycles. The number of ketones is 2. The fourth-order valence-electron chi connectivity index (χ4n) is 8.54. The second kappa shape index (κ2) is 23.1. The number of carbonyl (C=O) groups excluding carboxylic acids is 4. The van der Waals surface area contributed by atoms with Crippen LogP contribution in [0.25, 0.3) is 0 Å². The van der Waals surface area contributed by atoms with Crippen molar-refractivity contribution in [2.45, 2.75) is 129 Å². The molecule has 2 fully saturated rings. The number of hydrogen-bond acceptors (Lipinski definition) is 8. The average Bonchev–Trinajstić information content (AvgIpc) is 3.25. The summed E-state index contributed by atoms with van der Waals surface area (Å²) in [6, 6.07) is 18.2. The smallest absolute Gasteiger partial charge is 0.418 e. The van der Waals surface area contributed by atoms with E-state index in [9.17, 15) is 19.2 Å². The van der Waals surface area contributed by atoms with Gasteiger partial charge in [0.1, 0.15) is 0 Å². The first-order valence-corrected chi connectivity index (χ1v) is 21.3. The highest BCUT2D eigenvalue weighted by Crippen LogP contribution is 2.46. The van der Waals surface area contributed by atoms with E-state index in [1.807, 2.05) is 36.4 Å². The van der Waals surface area contributed by atoms with Crippen LogP contribution in [-0.4, -0.2) is 72.6 Å². The number of ether oxygens (including phenoxy) is 2. The van der Waals surface area contributed by atoms with E-state index in [1.54, 1.807) is 24.3 Å². The summed E-state index contributed by atoms with van der Waals surface area (Å²) in [5.41, 5.74) is -2.34. The molecule has 0 bridgehead atoms. The molecule has 0 aliphatic heterocycles. The Kier molecular flexibility index (Phi) is 18.3. The van der Waals surface area contributed by atoms with Crippen molar-refractivity contribution in [2.75, 3.05) is 39.3 Å². The molecule has 8 heteroatoms. The normalized spacial score (nSPS) is 17.0. The summed E-state index contributed by atoms with van der Waals surface area (Å²) < 4.78 is 12.7. The lowest BCUT2D eigenvalue weighted by Crippen LogP contribution is -2.52. The van der Waals surface area contributed by atoms with Crippen LogP contribution in [0.3, 0.4) is 0 Å². The van der Waals surface area contributed by atoms with Crippen molar-refractivity contribution in [1.29, 1.82) is 0 Å². The molecule has 0 aromatic heterocycles. The van der Waals surface area contributed by atoms with E-state index < -0.39 is 23.1 Å². The highest BCUT2D eigenvalue weighted by Gasteiger charge is 2.54. The number of Topliss-reactive ketones (excluding diaryl/α,β-unsaturated/α-hetero) is 2. The fourth-order valence-corrected chi connectivity index (χ4v) is 8.54. The quantitative estimate of drug-likeness (QED) is 0.0849. The van der Waals surface area contributed by atoms with Crippen molar-refractivity contribution in [3.63, 3.8) is 0 Å². The van der Waals surface area contributed by atoms with Crippen LogP contribution < -0.4 is 0 Å². The lowest BCUT2D eigenvalue weighted by molar-refractivity contribution is -0.199. The van der Waals surface area contributed by atoms with Crippen LogP contribution in [0.15, 0.2) is 60.7 Å². The van der Waals surface area contributed by atoms with Crippen molar-refractivity contribution in [2.24, 2.45) is 11.8 Å². The van der Waals surface area contributed by atoms with Crippen molar-refractivity contribution in [1.82, 2.24) is 9.80 Å². The SMILES string of the molecule is CCN(CC)CC#CCCC(=O)C(OC(=O)C(=O)OC(C(=O)CCC#CCN(CC)CC)(c1ccccc1)C1CCCCC1)(c1ccccc1)C1CCCCC1. The molecule has 2 aliphatic carbocycles. The molecule has 8 nitrogen and oxygen atoms in total. The van der Waals surface area contributed by atoms with E-state index in [-0.39, 0.29) is 36.2 Å². The highest BCUT2D eigenvalue weighted by molar-refractivity contribution is 6.30. The summed E-state index contributed by atoms with van der Waals surface area (Å²) in [5, 5.41) is 0. The molecule has 56 heavy (non-hydrogen) atoms. The molecule has 0 radical (unpaired) electrons. The zero-order valence-corrected chi connectivity index (χ0v) is 34.4. The van der Waals surface area contributed by atoms with Crippen LogP contribution in [0.1, 0.15) is 129 Å². The Bertz CT molecular complexity index is 1540. The Morgan fingerprint density at radius 2 is 0.875 bits per heavy atom. The highest BCUT2D eigenvalue weighted by atomic mass is 16.6. The number of benzene rings is 2. The van der Waals surface area contributed by atoms with Crippen LogP contribution in [0.4, 0.5) is 0 Å². The molecule has 302 valence electrons. The molecule has 0 heterocycles. The van der Waals surface area contributed by atoms with Gasteiger partial charge in [-0.15, -0.1) is 11.8 Å². The third kappa shape index (κ3) is 11.4. The monoisotopic (exact) mass is 764 g/mol. The van der Waals surface area contributed by atoms with Gasteiger partial charge < -0.3 is 9.47 Å². The second-order valence-corrected chi connectivity index (χ2v) is 15.1. The van der Waals surface area contributed by atoms with Gasteiger partial charge in [-0.05, 0) is 51.9 Å². The molecule has 2 unspecified atom stereocenters. The second-order valence-electron chi connectivity index (χ2n) is 15.1. The minimum Gasteiger partial charge on any atom is -0.437 e. The first-order valence-electron chi connectivity index (χ1n) is 21.3. The molecule has 2 atom stereocenters. The van der Waals surface area contributed by atoms with Gasteiger partial charge in [0, 0.05) is 48.6 Å². The molecule has 0 N–H and O–H groups in total. The van der Waals surface area contributed by atoms with Gasteiger partial charge in [-0.25, -0.2) is 9.59 Å². The zero-order valence-electron chi connectivity index (χ0n) is 34.4. The molecule has 4 rings (SSSR count). The topological polar surface area (TPSA) is 93.2 Å². The van der Waals surface area contributed by atoms with E-state index in [0.29, 0.717) is 62.7 Å². The maximum Gasteiger partial charge on any atom is 0.418 e. The summed E-state index contributed by atoms with van der Waals surface area (Å²) in [6.45, 7) is 13.1. The van der Waals surface area contributed by atoms with Crippen molar-refractivity contribution in [3.8, 4) is 23.7 Å². The molecular formula is C48H64N2O6. The summed E-state index contributed by atoms with van der Waals surface area (Å²) in [7, 11) is 0. The molecule has 0 amide bonds. The molecular weight excluding hydrogens is 701 g/mol. The Morgan fingerprint density at radius 1 is 0.536 bits per heavy atom. The lowest BCUT2D eigenvalue weighted by Gasteiger charge is -2.42. The van der Waals surface area contributed by atoms with Gasteiger partial charge in [0.25, 0.3) is 0 Å². The maximum absolute atomic E-state index is 14.7. The van der Waals surface area contributed by atoms with E-state index >= 15 is 0 Å². The van der Waals surface area contributed by atoms with E-state index in [4.69, 9.17) is 9.47 Å². The van der Waals surface area contributed by atoms with E-state index in [2.05, 4.69) is 61.2 Å². The van der Waals surface area contributed by atoms with Gasteiger partial charge >= 0.3 is 11.9 Å². The fraction of sp³-hybridized carbons (Fsp3) is 0.583. The molecule has 0 saturated heterocycles. The third-order valence-electron chi connectivity index (χ3n) is 11.9. The third-order valence-corrected chi connectivity index (χ3v) is 11.9. The molecule has 0 spiro atoms. The van der Waals surface area contributed by atoms with Crippen molar-refractivity contribution >= 4 is 23.5 Å². The lowest BCUT2D eigenvalue weighted by atomic mass is 9.70.